The van der Waals surface area contributed by atoms with Gasteiger partial charge in [0.05, 0.1) is 0 Å². The highest BCUT2D eigenvalue weighted by molar-refractivity contribution is 14.0. The molecule has 8 heteroatoms. The van der Waals surface area contributed by atoms with Crippen LogP contribution in [0.25, 0.3) is 0 Å². The molecule has 2 aliphatic rings. The number of hydrogen-bond donors (Lipinski definition) is 2. The highest BCUT2D eigenvalue weighted by Gasteiger charge is 2.21. The van der Waals surface area contributed by atoms with Crippen molar-refractivity contribution in [2.75, 3.05) is 38.1 Å². The van der Waals surface area contributed by atoms with Gasteiger partial charge in [-0.1, -0.05) is 12.1 Å². The molecule has 6 nitrogen and oxygen atoms in total. The number of fused-ring (bicyclic) bond motifs is 1. The lowest BCUT2D eigenvalue weighted by molar-refractivity contribution is -0.117. The number of hydrogen-bond acceptors (Lipinski definition) is 4. The third-order valence-electron chi connectivity index (χ3n) is 5.61. The SMILES string of the molecule is CN=C(NCCN1CCc2sccc2C1)NCc1ccc(N2CCCC2=O)cc1.I. The number of nitrogens with zero attached hydrogens (tertiary/aromatic N) is 3. The van der Waals surface area contributed by atoms with Crippen LogP contribution in [0.2, 0.25) is 0 Å². The number of amides is 1. The molecule has 1 aromatic carbocycles. The Labute approximate surface area is 199 Å². The quantitative estimate of drug-likeness (QED) is 0.337. The molecule has 1 amide bonds. The summed E-state index contributed by atoms with van der Waals surface area (Å²) in [6.45, 7) is 5.60. The van der Waals surface area contributed by atoms with Crippen LogP contribution in [-0.4, -0.2) is 50.0 Å². The average molecular weight is 539 g/mol. The predicted octanol–water partition coefficient (Wildman–Crippen LogP) is 3.22. The number of benzene rings is 1. The highest BCUT2D eigenvalue weighted by Crippen LogP contribution is 2.23. The Bertz CT molecular complexity index is 867. The zero-order valence-corrected chi connectivity index (χ0v) is 20.5. The van der Waals surface area contributed by atoms with Crippen molar-refractivity contribution in [1.82, 2.24) is 15.5 Å². The van der Waals surface area contributed by atoms with Gasteiger partial charge in [0.15, 0.2) is 5.96 Å². The Morgan fingerprint density at radius 1 is 1.13 bits per heavy atom. The van der Waals surface area contributed by atoms with E-state index < -0.39 is 0 Å². The van der Waals surface area contributed by atoms with Gasteiger partial charge in [-0.05, 0) is 47.5 Å². The van der Waals surface area contributed by atoms with E-state index in [0.29, 0.717) is 13.0 Å². The number of guanidine groups is 1. The lowest BCUT2D eigenvalue weighted by Gasteiger charge is -2.27. The Morgan fingerprint density at radius 3 is 2.70 bits per heavy atom. The molecule has 1 fully saturated rings. The number of thiophene rings is 1. The molecule has 0 bridgehead atoms. The molecule has 2 aliphatic heterocycles. The third-order valence-corrected chi connectivity index (χ3v) is 6.64. The Hall–Kier alpha value is -1.65. The fourth-order valence-corrected chi connectivity index (χ4v) is 4.84. The zero-order chi connectivity index (χ0) is 20.1. The molecule has 3 heterocycles. The Balaban J connectivity index is 0.00000256. The Kier molecular flexibility index (Phi) is 8.52. The van der Waals surface area contributed by atoms with Gasteiger partial charge in [-0.15, -0.1) is 35.3 Å². The van der Waals surface area contributed by atoms with E-state index in [1.54, 1.807) is 11.9 Å². The van der Waals surface area contributed by atoms with Gasteiger partial charge in [-0.2, -0.15) is 0 Å². The molecule has 0 spiro atoms. The first-order valence-electron chi connectivity index (χ1n) is 10.3. The van der Waals surface area contributed by atoms with Crippen LogP contribution in [0.4, 0.5) is 5.69 Å². The molecule has 30 heavy (non-hydrogen) atoms. The average Bonchev–Trinajstić information content (AvgIpc) is 3.39. The number of anilines is 1. The van der Waals surface area contributed by atoms with E-state index in [4.69, 9.17) is 0 Å². The van der Waals surface area contributed by atoms with E-state index in [-0.39, 0.29) is 29.9 Å². The fourth-order valence-electron chi connectivity index (χ4n) is 3.95. The summed E-state index contributed by atoms with van der Waals surface area (Å²) in [7, 11) is 1.80. The van der Waals surface area contributed by atoms with Gasteiger partial charge in [0.25, 0.3) is 0 Å². The minimum Gasteiger partial charge on any atom is -0.355 e. The van der Waals surface area contributed by atoms with E-state index >= 15 is 0 Å². The largest absolute Gasteiger partial charge is 0.355 e. The van der Waals surface area contributed by atoms with E-state index in [9.17, 15) is 4.79 Å². The summed E-state index contributed by atoms with van der Waals surface area (Å²) in [5, 5.41) is 8.99. The standard InChI is InChI=1S/C22H29N5OS.HI/c1-23-22(24-10-13-26-12-8-20-18(16-26)9-14-29-20)25-15-17-4-6-19(7-5-17)27-11-2-3-21(27)28;/h4-7,9,14H,2-3,8,10-13,15-16H2,1H3,(H2,23,24,25);1H. The van der Waals surface area contributed by atoms with Crippen molar-refractivity contribution >= 4 is 52.9 Å². The van der Waals surface area contributed by atoms with Gasteiger partial charge in [0.1, 0.15) is 0 Å². The second-order valence-electron chi connectivity index (χ2n) is 7.56. The molecule has 0 atom stereocenters. The summed E-state index contributed by atoms with van der Waals surface area (Å²) >= 11 is 1.88. The van der Waals surface area contributed by atoms with Gasteiger partial charge >= 0.3 is 0 Å². The second-order valence-corrected chi connectivity index (χ2v) is 8.56. The minimum atomic E-state index is 0. The van der Waals surface area contributed by atoms with Gasteiger partial charge in [0, 0.05) is 63.3 Å². The number of halogens is 1. The van der Waals surface area contributed by atoms with Crippen LogP contribution in [0.5, 0.6) is 0 Å². The van der Waals surface area contributed by atoms with E-state index in [1.807, 2.05) is 28.4 Å². The number of nitrogens with one attached hydrogen (secondary N) is 2. The molecule has 162 valence electrons. The Morgan fingerprint density at radius 2 is 1.97 bits per heavy atom. The molecule has 4 rings (SSSR count). The van der Waals surface area contributed by atoms with Gasteiger partial charge in [-0.3, -0.25) is 14.7 Å². The minimum absolute atomic E-state index is 0. The van der Waals surface area contributed by atoms with Crippen LogP contribution in [0.15, 0.2) is 40.7 Å². The monoisotopic (exact) mass is 539 g/mol. The summed E-state index contributed by atoms with van der Waals surface area (Å²) in [6.07, 6.45) is 2.78. The van der Waals surface area contributed by atoms with E-state index in [0.717, 1.165) is 50.8 Å². The van der Waals surface area contributed by atoms with Crippen LogP contribution in [-0.2, 0) is 24.3 Å². The lowest BCUT2D eigenvalue weighted by Crippen LogP contribution is -2.42. The smallest absolute Gasteiger partial charge is 0.227 e. The maximum Gasteiger partial charge on any atom is 0.227 e. The molecule has 2 aromatic rings. The molecule has 0 saturated carbocycles. The van der Waals surface area contributed by atoms with Crippen molar-refractivity contribution in [3.63, 3.8) is 0 Å². The molecule has 0 aliphatic carbocycles. The molecular formula is C22H30IN5OS. The maximum atomic E-state index is 11.9. The molecule has 1 saturated heterocycles. The van der Waals surface area contributed by atoms with Crippen LogP contribution in [0.1, 0.15) is 28.8 Å². The summed E-state index contributed by atoms with van der Waals surface area (Å²) in [5.74, 6) is 1.04. The number of aliphatic imine (C=N–C) groups is 1. The summed E-state index contributed by atoms with van der Waals surface area (Å²) in [4.78, 5) is 22.1. The van der Waals surface area contributed by atoms with Gasteiger partial charge in [-0.25, -0.2) is 0 Å². The van der Waals surface area contributed by atoms with Crippen LogP contribution in [0, 0.1) is 0 Å². The third kappa shape index (κ3) is 5.73. The van der Waals surface area contributed by atoms with Crippen molar-refractivity contribution in [1.29, 1.82) is 0 Å². The molecule has 0 radical (unpaired) electrons. The van der Waals surface area contributed by atoms with E-state index in [1.165, 1.54) is 17.5 Å². The van der Waals surface area contributed by atoms with Crippen molar-refractivity contribution in [2.45, 2.75) is 32.4 Å². The van der Waals surface area contributed by atoms with Crippen molar-refractivity contribution in [2.24, 2.45) is 4.99 Å². The first kappa shape index (κ1) is 23.0. The van der Waals surface area contributed by atoms with Crippen molar-refractivity contribution in [3.05, 3.63) is 51.7 Å². The summed E-state index contributed by atoms with van der Waals surface area (Å²) in [6, 6.07) is 10.5. The molecule has 2 N–H and O–H groups in total. The number of carbonyl (C=O) groups is 1. The maximum absolute atomic E-state index is 11.9. The number of rotatable bonds is 6. The zero-order valence-electron chi connectivity index (χ0n) is 17.4. The van der Waals surface area contributed by atoms with Crippen molar-refractivity contribution in [3.8, 4) is 0 Å². The second kappa shape index (κ2) is 11.1. The van der Waals surface area contributed by atoms with Crippen LogP contribution >= 0.6 is 35.3 Å². The first-order chi connectivity index (χ1) is 14.2. The fraction of sp³-hybridized carbons (Fsp3) is 0.455. The van der Waals surface area contributed by atoms with Gasteiger partial charge in [0.2, 0.25) is 5.91 Å². The van der Waals surface area contributed by atoms with E-state index in [2.05, 4.69) is 44.1 Å². The molecule has 0 unspecified atom stereocenters. The molecular weight excluding hydrogens is 509 g/mol. The first-order valence-corrected chi connectivity index (χ1v) is 11.2. The number of carbonyl (C=O) groups excluding carboxylic acids is 1. The normalized spacial score (nSPS) is 16.9. The van der Waals surface area contributed by atoms with Crippen LogP contribution < -0.4 is 15.5 Å². The summed E-state index contributed by atoms with van der Waals surface area (Å²) < 4.78 is 0. The topological polar surface area (TPSA) is 60.0 Å². The van der Waals surface area contributed by atoms with Crippen LogP contribution in [0.3, 0.4) is 0 Å². The highest BCUT2D eigenvalue weighted by atomic mass is 127. The molecule has 1 aromatic heterocycles. The summed E-state index contributed by atoms with van der Waals surface area (Å²) in [5.41, 5.74) is 3.65. The lowest BCUT2D eigenvalue weighted by atomic mass is 10.1. The van der Waals surface area contributed by atoms with Gasteiger partial charge < -0.3 is 15.5 Å². The predicted molar refractivity (Wildman–Crippen MR) is 135 cm³/mol. The van der Waals surface area contributed by atoms with Crippen molar-refractivity contribution < 1.29 is 4.79 Å².